The van der Waals surface area contributed by atoms with Gasteiger partial charge in [0.15, 0.2) is 0 Å². The Hall–Kier alpha value is -3.43. The van der Waals surface area contributed by atoms with E-state index in [1.54, 1.807) is 0 Å². The second kappa shape index (κ2) is 9.90. The highest BCUT2D eigenvalue weighted by molar-refractivity contribution is 5.82. The highest BCUT2D eigenvalue weighted by atomic mass is 16.5. The molecule has 0 radical (unpaired) electrons. The normalized spacial score (nSPS) is 10.9. The number of nitrogens with zero attached hydrogens (tertiary/aromatic N) is 2. The molecule has 0 spiro atoms. The van der Waals surface area contributed by atoms with Crippen molar-refractivity contribution in [1.82, 2.24) is 20.6 Å². The van der Waals surface area contributed by atoms with Crippen LogP contribution in [0.5, 0.6) is 5.75 Å². The minimum Gasteiger partial charge on any atom is -0.493 e. The number of benzene rings is 1. The first-order valence-corrected chi connectivity index (χ1v) is 8.41. The van der Waals surface area contributed by atoms with Gasteiger partial charge >= 0.3 is 5.69 Å². The molecule has 4 N–H and O–H groups in total. The van der Waals surface area contributed by atoms with Gasteiger partial charge in [0.1, 0.15) is 5.75 Å². The first-order chi connectivity index (χ1) is 12.9. The topological polar surface area (TPSA) is 141 Å². The summed E-state index contributed by atoms with van der Waals surface area (Å²) in [7, 11) is 0. The van der Waals surface area contributed by atoms with E-state index in [2.05, 4.69) is 39.9 Å². The summed E-state index contributed by atoms with van der Waals surface area (Å²) in [5.74, 6) is 0.832. The van der Waals surface area contributed by atoms with E-state index in [1.807, 2.05) is 29.2 Å². The molecule has 0 fully saturated rings. The summed E-state index contributed by atoms with van der Waals surface area (Å²) < 4.78 is 5.59. The predicted molar refractivity (Wildman–Crippen MR) is 101 cm³/mol. The first kappa shape index (κ1) is 19.9. The minimum atomic E-state index is -0.697. The molecular weight excluding hydrogens is 352 g/mol. The summed E-state index contributed by atoms with van der Waals surface area (Å²) in [6.45, 7) is 4.96. The lowest BCUT2D eigenvalue weighted by Crippen LogP contribution is -2.28. The van der Waals surface area contributed by atoms with Gasteiger partial charge in [-0.05, 0) is 35.7 Å². The van der Waals surface area contributed by atoms with Crippen molar-refractivity contribution in [3.05, 3.63) is 50.7 Å². The van der Waals surface area contributed by atoms with Crippen LogP contribution in [0.4, 0.5) is 5.82 Å². The highest BCUT2D eigenvalue weighted by Gasteiger charge is 2.03. The van der Waals surface area contributed by atoms with Gasteiger partial charge in [0.05, 0.1) is 12.8 Å². The van der Waals surface area contributed by atoms with Crippen molar-refractivity contribution in [1.29, 1.82) is 0 Å². The van der Waals surface area contributed by atoms with Crippen LogP contribution in [0.15, 0.2) is 39.0 Å². The van der Waals surface area contributed by atoms with Crippen molar-refractivity contribution in [3.8, 4) is 5.75 Å². The van der Waals surface area contributed by atoms with Crippen molar-refractivity contribution in [2.75, 3.05) is 18.5 Å². The largest absolute Gasteiger partial charge is 0.493 e. The molecule has 0 aliphatic heterocycles. The number of hydrogen-bond acceptors (Lipinski definition) is 7. The van der Waals surface area contributed by atoms with E-state index in [9.17, 15) is 14.4 Å². The lowest BCUT2D eigenvalue weighted by atomic mass is 10.2. The van der Waals surface area contributed by atoms with Gasteiger partial charge in [0.25, 0.3) is 5.56 Å². The van der Waals surface area contributed by atoms with Crippen LogP contribution in [-0.4, -0.2) is 40.5 Å². The van der Waals surface area contributed by atoms with Gasteiger partial charge in [-0.2, -0.15) is 5.10 Å². The number of ether oxygens (including phenoxy) is 1. The average Bonchev–Trinajstić information content (AvgIpc) is 2.63. The number of carbonyl (C=O) groups is 1. The van der Waals surface area contributed by atoms with Gasteiger partial charge in [-0.1, -0.05) is 13.8 Å². The summed E-state index contributed by atoms with van der Waals surface area (Å²) >= 11 is 0. The van der Waals surface area contributed by atoms with Gasteiger partial charge in [0, 0.05) is 13.0 Å². The van der Waals surface area contributed by atoms with Crippen LogP contribution in [-0.2, 0) is 4.79 Å². The molecule has 0 bridgehead atoms. The molecule has 2 rings (SSSR count). The summed E-state index contributed by atoms with van der Waals surface area (Å²) in [6, 6.07) is 7.34. The lowest BCUT2D eigenvalue weighted by molar-refractivity contribution is -0.120. The third-order valence-electron chi connectivity index (χ3n) is 3.22. The molecule has 27 heavy (non-hydrogen) atoms. The molecule has 1 amide bonds. The van der Waals surface area contributed by atoms with Gasteiger partial charge in [-0.15, -0.1) is 5.10 Å². The number of rotatable bonds is 9. The average molecular weight is 374 g/mol. The number of aromatic nitrogens is 3. The molecule has 1 aromatic heterocycles. The fourth-order valence-electron chi connectivity index (χ4n) is 1.91. The molecule has 0 unspecified atom stereocenters. The molecule has 0 aliphatic rings. The third-order valence-corrected chi connectivity index (χ3v) is 3.22. The highest BCUT2D eigenvalue weighted by Crippen LogP contribution is 2.12. The summed E-state index contributed by atoms with van der Waals surface area (Å²) in [6.07, 6.45) is 1.59. The van der Waals surface area contributed by atoms with Crippen LogP contribution in [0.25, 0.3) is 0 Å². The van der Waals surface area contributed by atoms with Crippen LogP contribution in [0, 0.1) is 5.92 Å². The Bertz CT molecular complexity index is 885. The number of carbonyl (C=O) groups excluding carboxylic acids is 1. The Morgan fingerprint density at radius 3 is 2.70 bits per heavy atom. The Kier molecular flexibility index (Phi) is 7.29. The Morgan fingerprint density at radius 1 is 1.30 bits per heavy atom. The second-order valence-electron chi connectivity index (χ2n) is 6.10. The number of H-pyrrole nitrogens is 2. The maximum absolute atomic E-state index is 11.7. The Balaban J connectivity index is 1.73. The van der Waals surface area contributed by atoms with Crippen molar-refractivity contribution in [2.45, 2.75) is 20.3 Å². The molecule has 1 aromatic carbocycles. The zero-order valence-electron chi connectivity index (χ0n) is 15.1. The fourth-order valence-corrected chi connectivity index (χ4v) is 1.91. The van der Waals surface area contributed by atoms with Crippen LogP contribution < -0.4 is 26.7 Å². The molecule has 1 heterocycles. The standard InChI is InChI=1S/C17H22N6O4/c1-11(2)10-27-13-5-3-12(4-6-13)9-19-21-14(24)7-8-18-15-16(25)20-17(26)23-22-15/h3-6,9,11H,7-8,10H2,1-2H3,(H,18,22)(H,21,24)(H2,20,23,25,26)/b19-9+. The maximum atomic E-state index is 11.7. The Morgan fingerprint density at radius 2 is 2.04 bits per heavy atom. The smallest absolute Gasteiger partial charge is 0.342 e. The summed E-state index contributed by atoms with van der Waals surface area (Å²) in [5, 5.41) is 12.2. The van der Waals surface area contributed by atoms with E-state index < -0.39 is 11.2 Å². The molecule has 2 aromatic rings. The van der Waals surface area contributed by atoms with Gasteiger partial charge in [0.2, 0.25) is 11.7 Å². The van der Waals surface area contributed by atoms with Crippen LogP contribution >= 0.6 is 0 Å². The summed E-state index contributed by atoms with van der Waals surface area (Å²) in [4.78, 5) is 36.0. The fraction of sp³-hybridized carbons (Fsp3) is 0.353. The van der Waals surface area contributed by atoms with E-state index in [0.29, 0.717) is 12.5 Å². The zero-order valence-corrected chi connectivity index (χ0v) is 15.1. The molecule has 10 heteroatoms. The molecule has 144 valence electrons. The van der Waals surface area contributed by atoms with Crippen LogP contribution in [0.3, 0.4) is 0 Å². The Labute approximate surface area is 155 Å². The molecular formula is C17H22N6O4. The first-order valence-electron chi connectivity index (χ1n) is 8.41. The van der Waals surface area contributed by atoms with E-state index in [0.717, 1.165) is 11.3 Å². The zero-order chi connectivity index (χ0) is 19.6. The number of nitrogens with one attached hydrogen (secondary N) is 4. The van der Waals surface area contributed by atoms with Crippen LogP contribution in [0.2, 0.25) is 0 Å². The van der Waals surface area contributed by atoms with Crippen molar-refractivity contribution in [2.24, 2.45) is 11.0 Å². The molecule has 0 aliphatic carbocycles. The third kappa shape index (κ3) is 7.14. The van der Waals surface area contributed by atoms with Crippen molar-refractivity contribution >= 4 is 17.9 Å². The van der Waals surface area contributed by atoms with Gasteiger partial charge in [-0.3, -0.25) is 14.6 Å². The molecule has 0 atom stereocenters. The van der Waals surface area contributed by atoms with E-state index in [1.165, 1.54) is 6.21 Å². The van der Waals surface area contributed by atoms with E-state index in [4.69, 9.17) is 4.74 Å². The number of hydrogen-bond donors (Lipinski definition) is 4. The predicted octanol–water partition coefficient (Wildman–Crippen LogP) is 0.445. The maximum Gasteiger partial charge on any atom is 0.342 e. The van der Waals surface area contributed by atoms with E-state index in [-0.39, 0.29) is 24.7 Å². The molecule has 10 nitrogen and oxygen atoms in total. The van der Waals surface area contributed by atoms with Crippen molar-refractivity contribution in [3.63, 3.8) is 0 Å². The number of amides is 1. The van der Waals surface area contributed by atoms with E-state index >= 15 is 0 Å². The van der Waals surface area contributed by atoms with Gasteiger partial charge < -0.3 is 10.1 Å². The molecule has 0 saturated heterocycles. The number of aromatic amines is 2. The summed E-state index contributed by atoms with van der Waals surface area (Å²) in [5.41, 5.74) is 1.85. The number of anilines is 1. The SMILES string of the molecule is CC(C)COc1ccc(/C=N/NC(=O)CCNc2n[nH]c(=O)[nH]c2=O)cc1. The second-order valence-corrected chi connectivity index (χ2v) is 6.10. The van der Waals surface area contributed by atoms with Crippen molar-refractivity contribution < 1.29 is 9.53 Å². The monoisotopic (exact) mass is 374 g/mol. The minimum absolute atomic E-state index is 0.0642. The van der Waals surface area contributed by atoms with Crippen LogP contribution in [0.1, 0.15) is 25.8 Å². The lowest BCUT2D eigenvalue weighted by Gasteiger charge is -2.08. The van der Waals surface area contributed by atoms with Gasteiger partial charge in [-0.25, -0.2) is 15.3 Å². The number of hydrazone groups is 1. The molecule has 0 saturated carbocycles. The quantitative estimate of drug-likeness (QED) is 0.371.